The third-order valence-electron chi connectivity index (χ3n) is 4.62. The van der Waals surface area contributed by atoms with Crippen LogP contribution in [0.15, 0.2) is 48.8 Å². The number of aromatic nitrogens is 2. The molecule has 0 atom stereocenters. The van der Waals surface area contributed by atoms with E-state index in [0.717, 1.165) is 39.1 Å². The largest absolute Gasteiger partial charge is 0.361 e. The molecule has 1 fully saturated rings. The normalized spacial score (nSPS) is 16.0. The highest BCUT2D eigenvalue weighted by atomic mass is 15.2. The van der Waals surface area contributed by atoms with E-state index < -0.39 is 0 Å². The van der Waals surface area contributed by atoms with Crippen molar-refractivity contribution in [3.05, 3.63) is 54.5 Å². The summed E-state index contributed by atoms with van der Waals surface area (Å²) in [6, 6.07) is 12.7. The van der Waals surface area contributed by atoms with Gasteiger partial charge in [-0.05, 0) is 12.1 Å². The summed E-state index contributed by atoms with van der Waals surface area (Å²) >= 11 is 0. The Kier molecular flexibility index (Phi) is 4.09. The number of para-hydroxylation sites is 1. The van der Waals surface area contributed by atoms with Crippen molar-refractivity contribution in [3.8, 4) is 11.1 Å². The molecule has 0 radical (unpaired) electrons. The van der Waals surface area contributed by atoms with Crippen LogP contribution in [0.1, 0.15) is 5.69 Å². The van der Waals surface area contributed by atoms with Crippen LogP contribution in [0.5, 0.6) is 0 Å². The molecule has 1 aliphatic heterocycles. The number of H-pyrrole nitrogens is 1. The number of benzene rings is 1. The first-order chi connectivity index (χ1) is 11.4. The van der Waals surface area contributed by atoms with Crippen LogP contribution in [0.25, 0.3) is 22.0 Å². The Labute approximate surface area is 136 Å². The summed E-state index contributed by atoms with van der Waals surface area (Å²) in [6.45, 7) is 5.60. The van der Waals surface area contributed by atoms with Gasteiger partial charge in [-0.25, -0.2) is 0 Å². The summed E-state index contributed by atoms with van der Waals surface area (Å²) in [7, 11) is 0. The zero-order valence-electron chi connectivity index (χ0n) is 13.3. The molecular weight excluding hydrogens is 284 g/mol. The standard InChI is InChI=1S/C19H22N4/c1-2-4-19-17(3-1)18(14-22-19)15-5-6-16(21-13-15)7-10-23-11-8-20-9-12-23/h1-6,13-14,20,22H,7-12H2. The number of fused-ring (bicyclic) bond motifs is 1. The SMILES string of the molecule is c1ccc2c(-c3ccc(CCN4CCNCC4)nc3)c[nH]c2c1. The Morgan fingerprint density at radius 3 is 2.74 bits per heavy atom. The Balaban J connectivity index is 1.47. The molecule has 0 bridgehead atoms. The fourth-order valence-corrected chi connectivity index (χ4v) is 3.25. The lowest BCUT2D eigenvalue weighted by molar-refractivity contribution is 0.243. The van der Waals surface area contributed by atoms with Gasteiger partial charge in [-0.15, -0.1) is 0 Å². The molecular formula is C19H22N4. The maximum absolute atomic E-state index is 4.67. The molecule has 2 aromatic heterocycles. The molecule has 1 aromatic carbocycles. The van der Waals surface area contributed by atoms with E-state index in [1.54, 1.807) is 0 Å². The summed E-state index contributed by atoms with van der Waals surface area (Å²) in [4.78, 5) is 10.5. The number of hydrogen-bond acceptors (Lipinski definition) is 3. The number of rotatable bonds is 4. The van der Waals surface area contributed by atoms with E-state index in [4.69, 9.17) is 0 Å². The molecule has 4 heteroatoms. The van der Waals surface area contributed by atoms with Crippen molar-refractivity contribution in [1.29, 1.82) is 0 Å². The third kappa shape index (κ3) is 3.14. The highest BCUT2D eigenvalue weighted by Gasteiger charge is 2.10. The zero-order valence-corrected chi connectivity index (χ0v) is 13.3. The molecule has 1 aliphatic rings. The van der Waals surface area contributed by atoms with Gasteiger partial charge in [-0.2, -0.15) is 0 Å². The lowest BCUT2D eigenvalue weighted by Crippen LogP contribution is -2.44. The number of pyridine rings is 1. The van der Waals surface area contributed by atoms with E-state index in [-0.39, 0.29) is 0 Å². The van der Waals surface area contributed by atoms with Crippen molar-refractivity contribution < 1.29 is 0 Å². The van der Waals surface area contributed by atoms with Gasteiger partial charge in [0.05, 0.1) is 0 Å². The van der Waals surface area contributed by atoms with Crippen LogP contribution in [-0.4, -0.2) is 47.6 Å². The lowest BCUT2D eigenvalue weighted by Gasteiger charge is -2.26. The van der Waals surface area contributed by atoms with Crippen molar-refractivity contribution in [3.63, 3.8) is 0 Å². The van der Waals surface area contributed by atoms with Crippen molar-refractivity contribution in [2.75, 3.05) is 32.7 Å². The van der Waals surface area contributed by atoms with Gasteiger partial charge in [0.25, 0.3) is 0 Å². The van der Waals surface area contributed by atoms with Crippen LogP contribution in [0, 0.1) is 0 Å². The van der Waals surface area contributed by atoms with E-state index in [1.165, 1.54) is 27.7 Å². The summed E-state index contributed by atoms with van der Waals surface area (Å²) in [6.07, 6.45) is 5.10. The minimum absolute atomic E-state index is 1.02. The van der Waals surface area contributed by atoms with Gasteiger partial charge in [0.1, 0.15) is 0 Å². The predicted octanol–water partition coefficient (Wildman–Crippen LogP) is 2.68. The minimum Gasteiger partial charge on any atom is -0.361 e. The molecule has 0 aliphatic carbocycles. The first kappa shape index (κ1) is 14.4. The summed E-state index contributed by atoms with van der Waals surface area (Å²) in [5.41, 5.74) is 4.74. The molecule has 0 amide bonds. The topological polar surface area (TPSA) is 44.0 Å². The molecule has 2 N–H and O–H groups in total. The smallest absolute Gasteiger partial charge is 0.0460 e. The predicted molar refractivity (Wildman–Crippen MR) is 94.5 cm³/mol. The maximum Gasteiger partial charge on any atom is 0.0460 e. The Hall–Kier alpha value is -2.17. The fourth-order valence-electron chi connectivity index (χ4n) is 3.25. The van der Waals surface area contributed by atoms with E-state index in [1.807, 2.05) is 6.20 Å². The Bertz CT molecular complexity index is 769. The Morgan fingerprint density at radius 2 is 1.91 bits per heavy atom. The van der Waals surface area contributed by atoms with Crippen LogP contribution in [0.2, 0.25) is 0 Å². The van der Waals surface area contributed by atoms with Gasteiger partial charge in [-0.1, -0.05) is 24.3 Å². The van der Waals surface area contributed by atoms with Gasteiger partial charge in [-0.3, -0.25) is 4.98 Å². The van der Waals surface area contributed by atoms with Crippen molar-refractivity contribution in [2.24, 2.45) is 0 Å². The van der Waals surface area contributed by atoms with Gasteiger partial charge in [0.2, 0.25) is 0 Å². The first-order valence-electron chi connectivity index (χ1n) is 8.35. The quantitative estimate of drug-likeness (QED) is 0.779. The van der Waals surface area contributed by atoms with E-state index in [2.05, 4.69) is 62.8 Å². The minimum atomic E-state index is 1.02. The second-order valence-corrected chi connectivity index (χ2v) is 6.13. The second kappa shape index (κ2) is 6.52. The molecule has 3 heterocycles. The van der Waals surface area contributed by atoms with Crippen molar-refractivity contribution in [1.82, 2.24) is 20.2 Å². The molecule has 23 heavy (non-hydrogen) atoms. The van der Waals surface area contributed by atoms with Crippen molar-refractivity contribution in [2.45, 2.75) is 6.42 Å². The van der Waals surface area contributed by atoms with Crippen LogP contribution in [-0.2, 0) is 6.42 Å². The highest BCUT2D eigenvalue weighted by Crippen LogP contribution is 2.27. The number of aromatic amines is 1. The summed E-state index contributed by atoms with van der Waals surface area (Å²) < 4.78 is 0. The zero-order chi connectivity index (χ0) is 15.5. The Morgan fingerprint density at radius 1 is 1.04 bits per heavy atom. The molecule has 4 rings (SSSR count). The van der Waals surface area contributed by atoms with Gasteiger partial charge in [0, 0.05) is 79.3 Å². The summed E-state index contributed by atoms with van der Waals surface area (Å²) in [5, 5.41) is 4.64. The maximum atomic E-state index is 4.67. The molecule has 1 saturated heterocycles. The van der Waals surface area contributed by atoms with E-state index in [9.17, 15) is 0 Å². The van der Waals surface area contributed by atoms with E-state index >= 15 is 0 Å². The number of nitrogens with one attached hydrogen (secondary N) is 2. The molecule has 0 unspecified atom stereocenters. The van der Waals surface area contributed by atoms with Crippen LogP contribution in [0.3, 0.4) is 0 Å². The molecule has 4 nitrogen and oxygen atoms in total. The van der Waals surface area contributed by atoms with Crippen LogP contribution < -0.4 is 5.32 Å². The number of piperazine rings is 1. The van der Waals surface area contributed by atoms with Gasteiger partial charge >= 0.3 is 0 Å². The summed E-state index contributed by atoms with van der Waals surface area (Å²) in [5.74, 6) is 0. The molecule has 118 valence electrons. The number of hydrogen-bond donors (Lipinski definition) is 2. The second-order valence-electron chi connectivity index (χ2n) is 6.13. The van der Waals surface area contributed by atoms with E-state index in [0.29, 0.717) is 0 Å². The molecule has 0 spiro atoms. The lowest BCUT2D eigenvalue weighted by atomic mass is 10.1. The highest BCUT2D eigenvalue weighted by molar-refractivity contribution is 5.95. The molecule has 3 aromatic rings. The average Bonchev–Trinajstić information content (AvgIpc) is 3.05. The average molecular weight is 306 g/mol. The monoisotopic (exact) mass is 306 g/mol. The first-order valence-corrected chi connectivity index (χ1v) is 8.35. The number of nitrogens with zero attached hydrogens (tertiary/aromatic N) is 2. The third-order valence-corrected chi connectivity index (χ3v) is 4.62. The molecule has 0 saturated carbocycles. The van der Waals surface area contributed by atoms with Gasteiger partial charge < -0.3 is 15.2 Å². The van der Waals surface area contributed by atoms with Crippen LogP contribution >= 0.6 is 0 Å². The van der Waals surface area contributed by atoms with Gasteiger partial charge in [0.15, 0.2) is 0 Å². The van der Waals surface area contributed by atoms with Crippen LogP contribution in [0.4, 0.5) is 0 Å². The van der Waals surface area contributed by atoms with Crippen molar-refractivity contribution >= 4 is 10.9 Å². The fraction of sp³-hybridized carbons (Fsp3) is 0.316.